The van der Waals surface area contributed by atoms with E-state index in [2.05, 4.69) is 48.3 Å². The van der Waals surface area contributed by atoms with E-state index in [1.54, 1.807) is 0 Å². The SMILES string of the molecule is C=CC1NC2C=CC2c2ccccc21. The third kappa shape index (κ3) is 0.933. The first-order valence-electron chi connectivity index (χ1n) is 5.06. The van der Waals surface area contributed by atoms with Gasteiger partial charge in [-0.2, -0.15) is 0 Å². The number of rotatable bonds is 1. The van der Waals surface area contributed by atoms with Crippen molar-refractivity contribution >= 4 is 0 Å². The van der Waals surface area contributed by atoms with Crippen LogP contribution in [-0.4, -0.2) is 6.04 Å². The third-order valence-corrected chi connectivity index (χ3v) is 3.21. The van der Waals surface area contributed by atoms with Gasteiger partial charge in [-0.05, 0) is 11.1 Å². The van der Waals surface area contributed by atoms with Gasteiger partial charge in [-0.1, -0.05) is 42.5 Å². The first kappa shape index (κ1) is 8.01. The second-order valence-electron chi connectivity index (χ2n) is 3.95. The van der Waals surface area contributed by atoms with Gasteiger partial charge in [0.1, 0.15) is 0 Å². The minimum atomic E-state index is 0.317. The molecule has 0 spiro atoms. The Hall–Kier alpha value is -1.34. The summed E-state index contributed by atoms with van der Waals surface area (Å²) in [6, 6.07) is 9.48. The smallest absolute Gasteiger partial charge is 0.0511 e. The van der Waals surface area contributed by atoms with E-state index in [1.807, 2.05) is 6.08 Å². The molecule has 1 aliphatic carbocycles. The minimum absolute atomic E-state index is 0.317. The Kier molecular flexibility index (Phi) is 1.62. The predicted octanol–water partition coefficient (Wildman–Crippen LogP) is 2.54. The Morgan fingerprint density at radius 1 is 1.14 bits per heavy atom. The maximum atomic E-state index is 3.88. The van der Waals surface area contributed by atoms with Gasteiger partial charge in [0, 0.05) is 12.0 Å². The Morgan fingerprint density at radius 3 is 2.57 bits per heavy atom. The van der Waals surface area contributed by atoms with Crippen LogP contribution >= 0.6 is 0 Å². The third-order valence-electron chi connectivity index (χ3n) is 3.21. The topological polar surface area (TPSA) is 12.0 Å². The van der Waals surface area contributed by atoms with Gasteiger partial charge in [0.2, 0.25) is 0 Å². The summed E-state index contributed by atoms with van der Waals surface area (Å²) in [5.41, 5.74) is 2.84. The van der Waals surface area contributed by atoms with Crippen molar-refractivity contribution in [3.8, 4) is 0 Å². The predicted molar refractivity (Wildman–Crippen MR) is 58.2 cm³/mol. The average Bonchev–Trinajstić information content (AvgIpc) is 2.18. The maximum Gasteiger partial charge on any atom is 0.0511 e. The fourth-order valence-corrected chi connectivity index (χ4v) is 2.38. The van der Waals surface area contributed by atoms with Crippen molar-refractivity contribution in [2.24, 2.45) is 0 Å². The van der Waals surface area contributed by atoms with Crippen LogP contribution in [0.1, 0.15) is 23.1 Å². The van der Waals surface area contributed by atoms with Crippen LogP contribution in [0.2, 0.25) is 0 Å². The van der Waals surface area contributed by atoms with Crippen LogP contribution in [0.3, 0.4) is 0 Å². The van der Waals surface area contributed by atoms with E-state index in [-0.39, 0.29) is 0 Å². The number of benzene rings is 1. The van der Waals surface area contributed by atoms with E-state index in [0.29, 0.717) is 18.0 Å². The van der Waals surface area contributed by atoms with Crippen LogP contribution < -0.4 is 5.32 Å². The standard InChI is InChI=1S/C13H13N/c1-2-12-10-6-4-3-5-9(10)11-7-8-13(11)14-12/h2-8,11-14H,1H2. The second-order valence-corrected chi connectivity index (χ2v) is 3.95. The van der Waals surface area contributed by atoms with E-state index in [9.17, 15) is 0 Å². The summed E-state index contributed by atoms with van der Waals surface area (Å²) < 4.78 is 0. The van der Waals surface area contributed by atoms with Crippen molar-refractivity contribution in [3.05, 3.63) is 60.2 Å². The first-order chi connectivity index (χ1) is 6.90. The Labute approximate surface area is 84.1 Å². The van der Waals surface area contributed by atoms with E-state index >= 15 is 0 Å². The lowest BCUT2D eigenvalue weighted by molar-refractivity contribution is 0.444. The zero-order valence-corrected chi connectivity index (χ0v) is 7.98. The molecule has 14 heavy (non-hydrogen) atoms. The van der Waals surface area contributed by atoms with Crippen LogP contribution in [0.4, 0.5) is 0 Å². The summed E-state index contributed by atoms with van der Waals surface area (Å²) in [6.45, 7) is 3.88. The van der Waals surface area contributed by atoms with Crippen molar-refractivity contribution in [2.75, 3.05) is 0 Å². The molecule has 1 aliphatic heterocycles. The number of nitrogens with one attached hydrogen (secondary N) is 1. The van der Waals surface area contributed by atoms with Gasteiger partial charge in [0.25, 0.3) is 0 Å². The highest BCUT2D eigenvalue weighted by Gasteiger charge is 2.34. The van der Waals surface area contributed by atoms with Gasteiger partial charge in [0.15, 0.2) is 0 Å². The molecule has 0 amide bonds. The molecule has 70 valence electrons. The quantitative estimate of drug-likeness (QED) is 0.660. The second kappa shape index (κ2) is 2.82. The highest BCUT2D eigenvalue weighted by molar-refractivity contribution is 5.45. The largest absolute Gasteiger partial charge is 0.299 e. The molecule has 0 radical (unpaired) electrons. The summed E-state index contributed by atoms with van der Waals surface area (Å²) in [5.74, 6) is 0.586. The first-order valence-corrected chi connectivity index (χ1v) is 5.06. The van der Waals surface area contributed by atoms with Gasteiger partial charge >= 0.3 is 0 Å². The molecule has 1 nitrogen and oxygen atoms in total. The fourth-order valence-electron chi connectivity index (χ4n) is 2.38. The number of fused-ring (bicyclic) bond motifs is 3. The number of hydrogen-bond acceptors (Lipinski definition) is 1. The normalized spacial score (nSPS) is 32.7. The van der Waals surface area contributed by atoms with Crippen molar-refractivity contribution in [1.82, 2.24) is 5.32 Å². The van der Waals surface area contributed by atoms with Crippen LogP contribution in [0, 0.1) is 0 Å². The molecular weight excluding hydrogens is 170 g/mol. The van der Waals surface area contributed by atoms with E-state index in [0.717, 1.165) is 0 Å². The van der Waals surface area contributed by atoms with E-state index in [4.69, 9.17) is 0 Å². The monoisotopic (exact) mass is 183 g/mol. The summed E-state index contributed by atoms with van der Waals surface area (Å²) >= 11 is 0. The summed E-state index contributed by atoms with van der Waals surface area (Å²) in [6.07, 6.45) is 6.49. The van der Waals surface area contributed by atoms with Crippen molar-refractivity contribution in [1.29, 1.82) is 0 Å². The van der Waals surface area contributed by atoms with Gasteiger partial charge in [-0.15, -0.1) is 6.58 Å². The van der Waals surface area contributed by atoms with E-state index in [1.165, 1.54) is 11.1 Å². The molecule has 1 heteroatoms. The van der Waals surface area contributed by atoms with Crippen LogP contribution in [0.15, 0.2) is 49.1 Å². The van der Waals surface area contributed by atoms with Crippen LogP contribution in [0.25, 0.3) is 0 Å². The Morgan fingerprint density at radius 2 is 1.93 bits per heavy atom. The molecule has 3 atom stereocenters. The van der Waals surface area contributed by atoms with Crippen molar-refractivity contribution < 1.29 is 0 Å². The lowest BCUT2D eigenvalue weighted by atomic mass is 9.75. The molecule has 0 saturated heterocycles. The van der Waals surface area contributed by atoms with Crippen LogP contribution in [0.5, 0.6) is 0 Å². The van der Waals surface area contributed by atoms with Crippen molar-refractivity contribution in [2.45, 2.75) is 18.0 Å². The fraction of sp³-hybridized carbons (Fsp3) is 0.231. The molecule has 0 aromatic heterocycles. The summed E-state index contributed by atoms with van der Waals surface area (Å²) in [4.78, 5) is 0. The molecular formula is C13H13N. The number of hydrogen-bond donors (Lipinski definition) is 1. The molecule has 1 aromatic carbocycles. The van der Waals surface area contributed by atoms with Gasteiger partial charge in [-0.25, -0.2) is 0 Å². The zero-order valence-electron chi connectivity index (χ0n) is 7.98. The molecule has 3 rings (SSSR count). The molecule has 0 bridgehead atoms. The molecule has 0 fully saturated rings. The molecule has 0 saturated carbocycles. The van der Waals surface area contributed by atoms with Crippen molar-refractivity contribution in [3.63, 3.8) is 0 Å². The van der Waals surface area contributed by atoms with Gasteiger partial charge in [0.05, 0.1) is 6.04 Å². The minimum Gasteiger partial charge on any atom is -0.299 e. The lowest BCUT2D eigenvalue weighted by Crippen LogP contribution is -2.44. The molecule has 1 heterocycles. The lowest BCUT2D eigenvalue weighted by Gasteiger charge is -2.40. The Bertz CT molecular complexity index is 390. The molecule has 1 aromatic rings. The van der Waals surface area contributed by atoms with Gasteiger partial charge in [-0.3, -0.25) is 5.32 Å². The maximum absolute atomic E-state index is 3.88. The highest BCUT2D eigenvalue weighted by atomic mass is 15.0. The Balaban J connectivity index is 2.14. The highest BCUT2D eigenvalue weighted by Crippen LogP contribution is 2.39. The summed E-state index contributed by atoms with van der Waals surface area (Å²) in [7, 11) is 0. The van der Waals surface area contributed by atoms with Crippen LogP contribution in [-0.2, 0) is 0 Å². The molecule has 2 aliphatic rings. The van der Waals surface area contributed by atoms with E-state index < -0.39 is 0 Å². The molecule has 1 N–H and O–H groups in total. The van der Waals surface area contributed by atoms with Gasteiger partial charge < -0.3 is 0 Å². The average molecular weight is 183 g/mol. The summed E-state index contributed by atoms with van der Waals surface area (Å²) in [5, 5.41) is 3.55. The zero-order chi connectivity index (χ0) is 9.54. The molecule has 3 unspecified atom stereocenters.